The summed E-state index contributed by atoms with van der Waals surface area (Å²) in [5.41, 5.74) is -0.794. The first-order chi connectivity index (χ1) is 12.9. The van der Waals surface area contributed by atoms with Crippen LogP contribution in [0.15, 0.2) is 18.2 Å². The van der Waals surface area contributed by atoms with Crippen LogP contribution >= 0.6 is 11.6 Å². The van der Waals surface area contributed by atoms with Crippen LogP contribution in [-0.4, -0.2) is 23.0 Å². The molecular weight excluding hydrogens is 377 g/mol. The Kier molecular flexibility index (Phi) is 6.56. The summed E-state index contributed by atoms with van der Waals surface area (Å²) in [6.07, 6.45) is 6.07. The largest absolute Gasteiger partial charge is 0.416 e. The number of halogens is 4. The molecule has 2 fully saturated rings. The third kappa shape index (κ3) is 5.09. The van der Waals surface area contributed by atoms with Gasteiger partial charge in [-0.05, 0) is 43.9 Å². The van der Waals surface area contributed by atoms with Crippen LogP contribution in [0, 0.1) is 0 Å². The molecule has 0 unspecified atom stereocenters. The molecule has 2 aliphatic rings. The molecule has 0 radical (unpaired) electrons. The normalized spacial score (nSPS) is 19.7. The quantitative estimate of drug-likeness (QED) is 0.588. The lowest BCUT2D eigenvalue weighted by Gasteiger charge is -2.41. The molecule has 1 aromatic rings. The molecule has 2 aliphatic carbocycles. The summed E-state index contributed by atoms with van der Waals surface area (Å²) in [5, 5.41) is 2.79. The zero-order chi connectivity index (χ0) is 19.4. The number of hydrogen-bond donors (Lipinski definition) is 1. The number of carbonyl (C=O) groups is 1. The molecule has 0 heterocycles. The number of nitrogens with one attached hydrogen (secondary N) is 1. The molecule has 27 heavy (non-hydrogen) atoms. The summed E-state index contributed by atoms with van der Waals surface area (Å²) >= 11 is 6.07. The number of benzene rings is 1. The van der Waals surface area contributed by atoms with Crippen LogP contribution in [0.2, 0.25) is 5.02 Å². The minimum Gasteiger partial charge on any atom is -0.319 e. The van der Waals surface area contributed by atoms with Crippen molar-refractivity contribution < 1.29 is 18.0 Å². The lowest BCUT2D eigenvalue weighted by atomic mass is 9.89. The van der Waals surface area contributed by atoms with Crippen LogP contribution < -0.4 is 5.32 Å². The van der Waals surface area contributed by atoms with E-state index < -0.39 is 11.7 Å². The van der Waals surface area contributed by atoms with E-state index in [9.17, 15) is 18.0 Å². The van der Waals surface area contributed by atoms with Gasteiger partial charge in [0.2, 0.25) is 0 Å². The summed E-state index contributed by atoms with van der Waals surface area (Å²) in [4.78, 5) is 15.0. The first-order valence-electron chi connectivity index (χ1n) is 9.82. The van der Waals surface area contributed by atoms with Crippen molar-refractivity contribution in [2.75, 3.05) is 5.32 Å². The van der Waals surface area contributed by atoms with Gasteiger partial charge in [0.25, 0.3) is 0 Å². The average molecular weight is 403 g/mol. The van der Waals surface area contributed by atoms with Gasteiger partial charge in [-0.15, -0.1) is 0 Å². The predicted octanol–water partition coefficient (Wildman–Crippen LogP) is 6.86. The number of amides is 2. The monoisotopic (exact) mass is 402 g/mol. The third-order valence-corrected chi connectivity index (χ3v) is 6.04. The molecule has 0 saturated heterocycles. The van der Waals surface area contributed by atoms with Gasteiger partial charge in [0.05, 0.1) is 16.3 Å². The maximum absolute atomic E-state index is 13.1. The highest BCUT2D eigenvalue weighted by atomic mass is 35.5. The van der Waals surface area contributed by atoms with Gasteiger partial charge in [0.1, 0.15) is 0 Å². The Morgan fingerprint density at radius 1 is 0.963 bits per heavy atom. The fourth-order valence-corrected chi connectivity index (χ4v) is 4.49. The van der Waals surface area contributed by atoms with Crippen molar-refractivity contribution in [1.82, 2.24) is 4.90 Å². The summed E-state index contributed by atoms with van der Waals surface area (Å²) in [6.45, 7) is 0. The lowest BCUT2D eigenvalue weighted by molar-refractivity contribution is -0.137. The number of carbonyl (C=O) groups excluding carboxylic acids is 1. The second kappa shape index (κ2) is 8.72. The Balaban J connectivity index is 1.81. The van der Waals surface area contributed by atoms with Crippen molar-refractivity contribution in [2.24, 2.45) is 0 Å². The zero-order valence-corrected chi connectivity index (χ0v) is 16.1. The maximum Gasteiger partial charge on any atom is 0.416 e. The number of anilines is 1. The lowest BCUT2D eigenvalue weighted by Crippen LogP contribution is -2.50. The Morgan fingerprint density at radius 2 is 1.48 bits per heavy atom. The molecule has 0 aliphatic heterocycles. The number of rotatable bonds is 3. The number of nitrogens with zero attached hydrogens (tertiary/aromatic N) is 1. The van der Waals surface area contributed by atoms with E-state index >= 15 is 0 Å². The second-order valence-corrected chi connectivity index (χ2v) is 8.02. The van der Waals surface area contributed by atoms with E-state index in [-0.39, 0.29) is 28.8 Å². The highest BCUT2D eigenvalue weighted by molar-refractivity contribution is 6.33. The fourth-order valence-electron chi connectivity index (χ4n) is 4.33. The molecular formula is C20H26ClF3N2O. The van der Waals surface area contributed by atoms with E-state index in [4.69, 9.17) is 11.6 Å². The highest BCUT2D eigenvalue weighted by Crippen LogP contribution is 2.35. The van der Waals surface area contributed by atoms with Gasteiger partial charge in [0.15, 0.2) is 0 Å². The van der Waals surface area contributed by atoms with Gasteiger partial charge in [-0.25, -0.2) is 4.79 Å². The molecule has 3 rings (SSSR count). The molecule has 1 aromatic carbocycles. The Hall–Kier alpha value is -1.43. The average Bonchev–Trinajstić information content (AvgIpc) is 2.64. The van der Waals surface area contributed by atoms with Gasteiger partial charge < -0.3 is 10.2 Å². The van der Waals surface area contributed by atoms with Crippen LogP contribution in [0.25, 0.3) is 0 Å². The molecule has 3 nitrogen and oxygen atoms in total. The smallest absolute Gasteiger partial charge is 0.319 e. The molecule has 150 valence electrons. The molecule has 7 heteroatoms. The number of hydrogen-bond acceptors (Lipinski definition) is 1. The Morgan fingerprint density at radius 3 is 1.96 bits per heavy atom. The minimum absolute atomic E-state index is 0.0214. The van der Waals surface area contributed by atoms with Gasteiger partial charge in [-0.1, -0.05) is 50.1 Å². The third-order valence-electron chi connectivity index (χ3n) is 5.71. The highest BCUT2D eigenvalue weighted by Gasteiger charge is 2.34. The Bertz CT molecular complexity index is 635. The molecule has 2 amide bonds. The van der Waals surface area contributed by atoms with Crippen molar-refractivity contribution in [3.05, 3.63) is 28.8 Å². The second-order valence-electron chi connectivity index (χ2n) is 7.61. The topological polar surface area (TPSA) is 32.3 Å². The maximum atomic E-state index is 13.1. The van der Waals surface area contributed by atoms with E-state index in [1.54, 1.807) is 0 Å². The van der Waals surface area contributed by atoms with Crippen LogP contribution in [0.5, 0.6) is 0 Å². The van der Waals surface area contributed by atoms with Gasteiger partial charge in [0, 0.05) is 12.1 Å². The van der Waals surface area contributed by atoms with Crippen LogP contribution in [0.4, 0.5) is 23.7 Å². The molecule has 2 saturated carbocycles. The van der Waals surface area contributed by atoms with Crippen LogP contribution in [0.1, 0.15) is 69.8 Å². The zero-order valence-electron chi connectivity index (χ0n) is 15.3. The van der Waals surface area contributed by atoms with Gasteiger partial charge in [-0.3, -0.25) is 0 Å². The van der Waals surface area contributed by atoms with Crippen molar-refractivity contribution in [1.29, 1.82) is 0 Å². The molecule has 0 spiro atoms. The van der Waals surface area contributed by atoms with E-state index in [1.165, 1.54) is 18.9 Å². The first-order valence-corrected chi connectivity index (χ1v) is 10.2. The van der Waals surface area contributed by atoms with Crippen molar-refractivity contribution >= 4 is 23.3 Å². The van der Waals surface area contributed by atoms with Crippen molar-refractivity contribution in [3.8, 4) is 0 Å². The molecule has 0 bridgehead atoms. The SMILES string of the molecule is O=C(Nc1cc(C(F)(F)F)ccc1Cl)N(C1CCCCC1)C1CCCCC1. The molecule has 1 N–H and O–H groups in total. The standard InChI is InChI=1S/C20H26ClF3N2O/c21-17-12-11-14(20(22,23)24)13-18(17)25-19(27)26(15-7-3-1-4-8-15)16-9-5-2-6-10-16/h11-13,15-16H,1-10H2,(H,25,27). The fraction of sp³-hybridized carbons (Fsp3) is 0.650. The predicted molar refractivity (Wildman–Crippen MR) is 101 cm³/mol. The first kappa shape index (κ1) is 20.3. The molecule has 0 atom stereocenters. The van der Waals surface area contributed by atoms with Gasteiger partial charge >= 0.3 is 12.2 Å². The van der Waals surface area contributed by atoms with Crippen LogP contribution in [-0.2, 0) is 6.18 Å². The van der Waals surface area contributed by atoms with E-state index in [0.29, 0.717) is 0 Å². The molecule has 0 aromatic heterocycles. The van der Waals surface area contributed by atoms with Gasteiger partial charge in [-0.2, -0.15) is 13.2 Å². The van der Waals surface area contributed by atoms with Crippen molar-refractivity contribution in [2.45, 2.75) is 82.5 Å². The number of urea groups is 1. The summed E-state index contributed by atoms with van der Waals surface area (Å²) in [5.74, 6) is 0. The summed E-state index contributed by atoms with van der Waals surface area (Å²) < 4.78 is 39.0. The van der Waals surface area contributed by atoms with Crippen molar-refractivity contribution in [3.63, 3.8) is 0 Å². The minimum atomic E-state index is -4.48. The van der Waals surface area contributed by atoms with Crippen LogP contribution in [0.3, 0.4) is 0 Å². The van der Waals surface area contributed by atoms with E-state index in [2.05, 4.69) is 5.32 Å². The summed E-state index contributed by atoms with van der Waals surface area (Å²) in [6, 6.07) is 3.02. The number of alkyl halides is 3. The van der Waals surface area contributed by atoms with E-state index in [0.717, 1.165) is 63.5 Å². The van der Waals surface area contributed by atoms with E-state index in [1.807, 2.05) is 4.90 Å². The Labute approximate surface area is 163 Å². The summed E-state index contributed by atoms with van der Waals surface area (Å²) in [7, 11) is 0.